The van der Waals surface area contributed by atoms with Gasteiger partial charge in [-0.15, -0.1) is 0 Å². The third-order valence-electron chi connectivity index (χ3n) is 4.70. The summed E-state index contributed by atoms with van der Waals surface area (Å²) in [5.41, 5.74) is 2.66. The molecule has 0 N–H and O–H groups in total. The quantitative estimate of drug-likeness (QED) is 0.491. The summed E-state index contributed by atoms with van der Waals surface area (Å²) in [6.45, 7) is 8.21. The van der Waals surface area contributed by atoms with Crippen molar-refractivity contribution in [1.29, 1.82) is 0 Å². The van der Waals surface area contributed by atoms with Crippen molar-refractivity contribution in [3.8, 4) is 11.6 Å². The van der Waals surface area contributed by atoms with Crippen LogP contribution in [0.3, 0.4) is 0 Å². The molecule has 1 aromatic heterocycles. The molecule has 0 saturated heterocycles. The van der Waals surface area contributed by atoms with Gasteiger partial charge >= 0.3 is 5.97 Å². The number of unbranched alkanes of at least 4 members (excludes halogenated alkanes) is 1. The molecule has 0 aliphatic heterocycles. The number of benzene rings is 2. The molecule has 1 heterocycles. The standard InChI is InChI=1S/C24H27FN2O2/c1-5-6-8-17-11-13-18(14-12-17)23(28)29-22-16-21(24(2,3)4)26-27(22)20-10-7-9-19(25)15-20/h7,9-16H,5-6,8H2,1-4H3. The number of esters is 1. The lowest BCUT2D eigenvalue weighted by molar-refractivity contribution is 0.0723. The van der Waals surface area contributed by atoms with Gasteiger partial charge in [0.2, 0.25) is 5.88 Å². The summed E-state index contributed by atoms with van der Waals surface area (Å²) in [7, 11) is 0. The molecule has 0 unspecified atom stereocenters. The van der Waals surface area contributed by atoms with Crippen LogP contribution in [0.15, 0.2) is 54.6 Å². The summed E-state index contributed by atoms with van der Waals surface area (Å²) in [5, 5.41) is 4.56. The van der Waals surface area contributed by atoms with Crippen LogP contribution < -0.4 is 4.74 Å². The predicted octanol–water partition coefficient (Wildman–Crippen LogP) is 5.87. The average Bonchev–Trinajstić information content (AvgIpc) is 3.11. The molecule has 0 fully saturated rings. The van der Waals surface area contributed by atoms with Crippen molar-refractivity contribution in [2.24, 2.45) is 0 Å². The SMILES string of the molecule is CCCCc1ccc(C(=O)Oc2cc(C(C)(C)C)nn2-c2cccc(F)c2)cc1. The van der Waals surface area contributed by atoms with Gasteiger partial charge in [0.05, 0.1) is 16.9 Å². The van der Waals surface area contributed by atoms with E-state index in [2.05, 4.69) is 12.0 Å². The van der Waals surface area contributed by atoms with Crippen LogP contribution >= 0.6 is 0 Å². The van der Waals surface area contributed by atoms with Crippen molar-refractivity contribution in [2.75, 3.05) is 0 Å². The number of ether oxygens (including phenoxy) is 1. The monoisotopic (exact) mass is 394 g/mol. The maximum Gasteiger partial charge on any atom is 0.344 e. The fourth-order valence-electron chi connectivity index (χ4n) is 2.94. The van der Waals surface area contributed by atoms with Crippen LogP contribution in [0.5, 0.6) is 5.88 Å². The molecule has 3 rings (SSSR count). The number of carbonyl (C=O) groups is 1. The van der Waals surface area contributed by atoms with Crippen molar-refractivity contribution in [1.82, 2.24) is 9.78 Å². The molecule has 0 aliphatic carbocycles. The van der Waals surface area contributed by atoms with Crippen molar-refractivity contribution in [3.63, 3.8) is 0 Å². The van der Waals surface area contributed by atoms with E-state index in [1.165, 1.54) is 22.4 Å². The number of aryl methyl sites for hydroxylation is 1. The number of halogens is 1. The lowest BCUT2D eigenvalue weighted by atomic mass is 9.93. The van der Waals surface area contributed by atoms with Crippen LogP contribution in [-0.4, -0.2) is 15.7 Å². The third-order valence-corrected chi connectivity index (χ3v) is 4.70. The Labute approximate surface area is 171 Å². The average molecular weight is 394 g/mol. The maximum atomic E-state index is 13.7. The van der Waals surface area contributed by atoms with Gasteiger partial charge in [-0.05, 0) is 48.7 Å². The largest absolute Gasteiger partial charge is 0.404 e. The van der Waals surface area contributed by atoms with Crippen molar-refractivity contribution >= 4 is 5.97 Å². The van der Waals surface area contributed by atoms with Gasteiger partial charge in [-0.3, -0.25) is 0 Å². The zero-order valence-corrected chi connectivity index (χ0v) is 17.4. The second-order valence-corrected chi connectivity index (χ2v) is 8.20. The molecule has 2 aromatic carbocycles. The van der Waals surface area contributed by atoms with E-state index in [1.54, 1.807) is 30.3 Å². The van der Waals surface area contributed by atoms with Crippen molar-refractivity contribution in [2.45, 2.75) is 52.4 Å². The van der Waals surface area contributed by atoms with Gasteiger partial charge < -0.3 is 4.74 Å². The first-order chi connectivity index (χ1) is 13.8. The summed E-state index contributed by atoms with van der Waals surface area (Å²) < 4.78 is 20.9. The summed E-state index contributed by atoms with van der Waals surface area (Å²) in [6.07, 6.45) is 3.24. The molecule has 152 valence electrons. The Bertz CT molecular complexity index is 985. The minimum atomic E-state index is -0.468. The Morgan fingerprint density at radius 3 is 2.45 bits per heavy atom. The molecular weight excluding hydrogens is 367 g/mol. The van der Waals surface area contributed by atoms with Gasteiger partial charge in [-0.1, -0.05) is 52.3 Å². The fraction of sp³-hybridized carbons (Fsp3) is 0.333. The molecule has 0 radical (unpaired) electrons. The summed E-state index contributed by atoms with van der Waals surface area (Å²) in [4.78, 5) is 12.7. The van der Waals surface area contributed by atoms with Gasteiger partial charge in [0.15, 0.2) is 0 Å². The van der Waals surface area contributed by atoms with Gasteiger partial charge in [0.1, 0.15) is 5.82 Å². The molecule has 0 amide bonds. The number of carbonyl (C=O) groups excluding carboxylic acids is 1. The van der Waals surface area contributed by atoms with Crippen LogP contribution in [-0.2, 0) is 11.8 Å². The van der Waals surface area contributed by atoms with Crippen molar-refractivity contribution < 1.29 is 13.9 Å². The second kappa shape index (κ2) is 8.60. The van der Waals surface area contributed by atoms with Crippen LogP contribution in [0.4, 0.5) is 4.39 Å². The Balaban J connectivity index is 1.89. The highest BCUT2D eigenvalue weighted by Crippen LogP contribution is 2.28. The summed E-state index contributed by atoms with van der Waals surface area (Å²) in [5.74, 6) is -0.583. The molecule has 5 heteroatoms. The minimum absolute atomic E-state index is 0.249. The molecule has 4 nitrogen and oxygen atoms in total. The molecule has 3 aromatic rings. The molecule has 0 spiro atoms. The molecule has 29 heavy (non-hydrogen) atoms. The number of aromatic nitrogens is 2. The van der Waals surface area contributed by atoms with Gasteiger partial charge in [0.25, 0.3) is 0 Å². The van der Waals surface area contributed by atoms with Crippen LogP contribution in [0.1, 0.15) is 62.2 Å². The lowest BCUT2D eigenvalue weighted by Crippen LogP contribution is -2.13. The fourth-order valence-corrected chi connectivity index (χ4v) is 2.94. The topological polar surface area (TPSA) is 44.1 Å². The normalized spacial score (nSPS) is 11.5. The Hall–Kier alpha value is -2.95. The lowest BCUT2D eigenvalue weighted by Gasteiger charge is -2.13. The summed E-state index contributed by atoms with van der Waals surface area (Å²) >= 11 is 0. The molecule has 0 bridgehead atoms. The summed E-state index contributed by atoms with van der Waals surface area (Å²) in [6, 6.07) is 15.3. The number of rotatable bonds is 6. The van der Waals surface area contributed by atoms with Crippen LogP contribution in [0, 0.1) is 5.82 Å². The first kappa shape index (κ1) is 20.8. The molecular formula is C24H27FN2O2. The second-order valence-electron chi connectivity index (χ2n) is 8.20. The van der Waals surface area contributed by atoms with Crippen molar-refractivity contribution in [3.05, 3.63) is 77.2 Å². The minimum Gasteiger partial charge on any atom is -0.404 e. The van der Waals surface area contributed by atoms with E-state index in [0.29, 0.717) is 11.3 Å². The van der Waals surface area contributed by atoms with E-state index in [4.69, 9.17) is 4.74 Å². The van der Waals surface area contributed by atoms with Gasteiger partial charge in [-0.25, -0.2) is 13.9 Å². The number of hydrogen-bond donors (Lipinski definition) is 0. The Morgan fingerprint density at radius 1 is 1.10 bits per heavy atom. The highest BCUT2D eigenvalue weighted by molar-refractivity contribution is 5.91. The predicted molar refractivity (Wildman–Crippen MR) is 112 cm³/mol. The highest BCUT2D eigenvalue weighted by atomic mass is 19.1. The van der Waals surface area contributed by atoms with E-state index in [9.17, 15) is 9.18 Å². The van der Waals surface area contributed by atoms with Gasteiger partial charge in [-0.2, -0.15) is 5.10 Å². The van der Waals surface area contributed by atoms with Gasteiger partial charge in [0, 0.05) is 11.5 Å². The first-order valence-electron chi connectivity index (χ1n) is 9.95. The number of hydrogen-bond acceptors (Lipinski definition) is 3. The first-order valence-corrected chi connectivity index (χ1v) is 9.95. The van der Waals surface area contributed by atoms with E-state index in [1.807, 2.05) is 32.9 Å². The van der Waals surface area contributed by atoms with E-state index in [-0.39, 0.29) is 17.1 Å². The molecule has 0 aliphatic rings. The highest BCUT2D eigenvalue weighted by Gasteiger charge is 2.23. The Kier molecular flexibility index (Phi) is 6.16. The van der Waals surface area contributed by atoms with E-state index in [0.717, 1.165) is 25.0 Å². The van der Waals surface area contributed by atoms with Crippen LogP contribution in [0.25, 0.3) is 5.69 Å². The smallest absolute Gasteiger partial charge is 0.344 e. The maximum absolute atomic E-state index is 13.7. The molecule has 0 saturated carbocycles. The third kappa shape index (κ3) is 5.11. The zero-order chi connectivity index (χ0) is 21.0. The Morgan fingerprint density at radius 2 is 1.83 bits per heavy atom. The van der Waals surface area contributed by atoms with E-state index >= 15 is 0 Å². The van der Waals surface area contributed by atoms with Crippen LogP contribution in [0.2, 0.25) is 0 Å². The molecule has 0 atom stereocenters. The van der Waals surface area contributed by atoms with E-state index < -0.39 is 5.97 Å². The number of nitrogens with zero attached hydrogens (tertiary/aromatic N) is 2. The zero-order valence-electron chi connectivity index (χ0n) is 17.4.